The van der Waals surface area contributed by atoms with Crippen molar-refractivity contribution in [2.75, 3.05) is 31.1 Å². The van der Waals surface area contributed by atoms with E-state index in [1.54, 1.807) is 4.90 Å². The lowest BCUT2D eigenvalue weighted by Gasteiger charge is -2.30. The Morgan fingerprint density at radius 3 is 2.76 bits per heavy atom. The maximum absolute atomic E-state index is 13.0. The highest BCUT2D eigenvalue weighted by molar-refractivity contribution is 9.10. The molecule has 0 aromatic heterocycles. The number of anilines is 1. The van der Waals surface area contributed by atoms with Gasteiger partial charge in [0.2, 0.25) is 11.8 Å². The molecule has 0 radical (unpaired) electrons. The fourth-order valence-electron chi connectivity index (χ4n) is 3.64. The van der Waals surface area contributed by atoms with Gasteiger partial charge in [-0.05, 0) is 53.9 Å². The highest BCUT2D eigenvalue weighted by atomic mass is 79.9. The van der Waals surface area contributed by atoms with Crippen LogP contribution >= 0.6 is 28.3 Å². The molecule has 3 rings (SSSR count). The molecule has 2 amide bonds. The van der Waals surface area contributed by atoms with Gasteiger partial charge in [-0.2, -0.15) is 0 Å². The Morgan fingerprint density at radius 2 is 2.12 bits per heavy atom. The first kappa shape index (κ1) is 20.2. The summed E-state index contributed by atoms with van der Waals surface area (Å²) >= 11 is 3.50. The van der Waals surface area contributed by atoms with Gasteiger partial charge >= 0.3 is 0 Å². The van der Waals surface area contributed by atoms with Gasteiger partial charge in [0.1, 0.15) is 5.92 Å². The van der Waals surface area contributed by atoms with Gasteiger partial charge < -0.3 is 15.1 Å². The van der Waals surface area contributed by atoms with Gasteiger partial charge in [0.05, 0.1) is 5.69 Å². The van der Waals surface area contributed by atoms with Crippen molar-refractivity contribution < 1.29 is 9.59 Å². The molecule has 138 valence electrons. The number of halogens is 2. The van der Waals surface area contributed by atoms with E-state index in [1.807, 2.05) is 29.2 Å². The van der Waals surface area contributed by atoms with Crippen LogP contribution in [0.3, 0.4) is 0 Å². The molecular formula is C18H25BrClN3O2. The second kappa shape index (κ2) is 9.01. The summed E-state index contributed by atoms with van der Waals surface area (Å²) in [6.45, 7) is 5.18. The fourth-order valence-corrected chi connectivity index (χ4v) is 4.14. The first-order valence-corrected chi connectivity index (χ1v) is 9.50. The Balaban J connectivity index is 0.00000225. The van der Waals surface area contributed by atoms with Crippen molar-refractivity contribution in [1.29, 1.82) is 0 Å². The zero-order valence-corrected chi connectivity index (χ0v) is 16.8. The van der Waals surface area contributed by atoms with Crippen molar-refractivity contribution in [1.82, 2.24) is 10.2 Å². The lowest BCUT2D eigenvalue weighted by atomic mass is 10.0. The molecule has 2 heterocycles. The van der Waals surface area contributed by atoms with Crippen LogP contribution in [0.15, 0.2) is 28.7 Å². The second-order valence-corrected chi connectivity index (χ2v) is 7.32. The Bertz CT molecular complexity index is 622. The first-order valence-electron chi connectivity index (χ1n) is 8.70. The van der Waals surface area contributed by atoms with Gasteiger partial charge in [-0.1, -0.05) is 19.1 Å². The van der Waals surface area contributed by atoms with Crippen LogP contribution in [0.4, 0.5) is 5.69 Å². The molecule has 1 N–H and O–H groups in total. The van der Waals surface area contributed by atoms with Crippen molar-refractivity contribution in [3.05, 3.63) is 28.7 Å². The number of rotatable bonds is 5. The Morgan fingerprint density at radius 1 is 1.36 bits per heavy atom. The van der Waals surface area contributed by atoms with E-state index in [-0.39, 0.29) is 30.3 Å². The predicted molar refractivity (Wildman–Crippen MR) is 105 cm³/mol. The van der Waals surface area contributed by atoms with Crippen molar-refractivity contribution in [2.45, 2.75) is 32.2 Å². The number of carbonyl (C=O) groups is 2. The molecule has 0 bridgehead atoms. The summed E-state index contributed by atoms with van der Waals surface area (Å²) < 4.78 is 0.886. The Hall–Kier alpha value is -1.11. The standard InChI is InChI=1S/C18H24BrN3O2.ClH/c1-2-10-21(13-7-9-20-12-13)17(23)14-8-11-22(18(14)24)16-6-4-3-5-15(16)19;/h3-6,13-14,20H,2,7-12H2,1H3;1H. The molecule has 0 aliphatic carbocycles. The van der Waals surface area contributed by atoms with E-state index in [1.165, 1.54) is 0 Å². The quantitative estimate of drug-likeness (QED) is 0.731. The van der Waals surface area contributed by atoms with Crippen LogP contribution in [-0.2, 0) is 9.59 Å². The van der Waals surface area contributed by atoms with E-state index in [9.17, 15) is 9.59 Å². The van der Waals surface area contributed by atoms with Crippen molar-refractivity contribution in [2.24, 2.45) is 5.92 Å². The maximum Gasteiger partial charge on any atom is 0.239 e. The van der Waals surface area contributed by atoms with Gasteiger partial charge in [0, 0.05) is 30.1 Å². The second-order valence-electron chi connectivity index (χ2n) is 6.46. The average molecular weight is 431 g/mol. The maximum atomic E-state index is 13.0. The smallest absolute Gasteiger partial charge is 0.239 e. The molecule has 2 unspecified atom stereocenters. The Kier molecular flexibility index (Phi) is 7.28. The Labute approximate surface area is 163 Å². The van der Waals surface area contributed by atoms with Crippen LogP contribution in [0.5, 0.6) is 0 Å². The summed E-state index contributed by atoms with van der Waals surface area (Å²) in [4.78, 5) is 29.6. The SMILES string of the molecule is CCCN(C(=O)C1CCN(c2ccccc2Br)C1=O)C1CCNC1.Cl. The molecule has 2 atom stereocenters. The number of para-hydroxylation sites is 1. The molecule has 1 aromatic rings. The van der Waals surface area contributed by atoms with E-state index in [4.69, 9.17) is 0 Å². The normalized spacial score (nSPS) is 22.8. The summed E-state index contributed by atoms with van der Waals surface area (Å²) in [7, 11) is 0. The number of nitrogens with zero attached hydrogens (tertiary/aromatic N) is 2. The lowest BCUT2D eigenvalue weighted by Crippen LogP contribution is -2.47. The van der Waals surface area contributed by atoms with E-state index in [0.717, 1.165) is 42.6 Å². The average Bonchev–Trinajstić information content (AvgIpc) is 3.22. The topological polar surface area (TPSA) is 52.7 Å². The highest BCUT2D eigenvalue weighted by Gasteiger charge is 2.41. The van der Waals surface area contributed by atoms with Crippen LogP contribution in [0, 0.1) is 5.92 Å². The molecular weight excluding hydrogens is 406 g/mol. The van der Waals surface area contributed by atoms with Gasteiger partial charge in [-0.3, -0.25) is 9.59 Å². The third-order valence-corrected chi connectivity index (χ3v) is 5.54. The van der Waals surface area contributed by atoms with Crippen LogP contribution in [-0.4, -0.2) is 48.9 Å². The minimum atomic E-state index is -0.538. The molecule has 2 aliphatic rings. The fraction of sp³-hybridized carbons (Fsp3) is 0.556. The highest BCUT2D eigenvalue weighted by Crippen LogP contribution is 2.32. The minimum Gasteiger partial charge on any atom is -0.338 e. The number of hydrogen-bond donors (Lipinski definition) is 1. The van der Waals surface area contributed by atoms with E-state index < -0.39 is 5.92 Å². The zero-order valence-electron chi connectivity index (χ0n) is 14.4. The molecule has 5 nitrogen and oxygen atoms in total. The van der Waals surface area contributed by atoms with Gasteiger partial charge in [-0.25, -0.2) is 0 Å². The molecule has 2 fully saturated rings. The lowest BCUT2D eigenvalue weighted by molar-refractivity contribution is -0.141. The monoisotopic (exact) mass is 429 g/mol. The number of carbonyl (C=O) groups excluding carboxylic acids is 2. The zero-order chi connectivity index (χ0) is 17.1. The van der Waals surface area contributed by atoms with E-state index in [0.29, 0.717) is 13.0 Å². The van der Waals surface area contributed by atoms with Crippen LogP contribution in [0.25, 0.3) is 0 Å². The van der Waals surface area contributed by atoms with Gasteiger partial charge in [0.25, 0.3) is 0 Å². The number of hydrogen-bond acceptors (Lipinski definition) is 3. The minimum absolute atomic E-state index is 0. The summed E-state index contributed by atoms with van der Waals surface area (Å²) in [5, 5.41) is 3.31. The predicted octanol–water partition coefficient (Wildman–Crippen LogP) is 2.82. The third kappa shape index (κ3) is 4.18. The van der Waals surface area contributed by atoms with Crippen molar-refractivity contribution >= 4 is 45.8 Å². The first-order chi connectivity index (χ1) is 11.6. The van der Waals surface area contributed by atoms with Crippen LogP contribution in [0.1, 0.15) is 26.2 Å². The molecule has 0 saturated carbocycles. The van der Waals surface area contributed by atoms with Crippen molar-refractivity contribution in [3.63, 3.8) is 0 Å². The van der Waals surface area contributed by atoms with Crippen molar-refractivity contribution in [3.8, 4) is 0 Å². The molecule has 25 heavy (non-hydrogen) atoms. The summed E-state index contributed by atoms with van der Waals surface area (Å²) in [5.41, 5.74) is 0.849. The summed E-state index contributed by atoms with van der Waals surface area (Å²) in [5.74, 6) is -0.603. The summed E-state index contributed by atoms with van der Waals surface area (Å²) in [6, 6.07) is 7.90. The number of amides is 2. The molecule has 2 saturated heterocycles. The molecule has 2 aliphatic heterocycles. The van der Waals surface area contributed by atoms with Gasteiger partial charge in [-0.15, -0.1) is 12.4 Å². The largest absolute Gasteiger partial charge is 0.338 e. The van der Waals surface area contributed by atoms with Gasteiger partial charge in [0.15, 0.2) is 0 Å². The number of nitrogens with one attached hydrogen (secondary N) is 1. The van der Waals surface area contributed by atoms with Crippen LogP contribution in [0.2, 0.25) is 0 Å². The molecule has 7 heteroatoms. The third-order valence-electron chi connectivity index (χ3n) is 4.87. The van der Waals surface area contributed by atoms with E-state index in [2.05, 4.69) is 28.2 Å². The molecule has 0 spiro atoms. The molecule has 1 aromatic carbocycles. The van der Waals surface area contributed by atoms with E-state index >= 15 is 0 Å². The van der Waals surface area contributed by atoms with Crippen LogP contribution < -0.4 is 10.2 Å². The number of benzene rings is 1. The summed E-state index contributed by atoms with van der Waals surface area (Å²) in [6.07, 6.45) is 2.48.